The zero-order valence-electron chi connectivity index (χ0n) is 13.9. The van der Waals surface area contributed by atoms with Crippen molar-refractivity contribution in [3.8, 4) is 22.5 Å². The molecule has 4 rings (SSSR count). The monoisotopic (exact) mass is 348 g/mol. The van der Waals surface area contributed by atoms with E-state index in [9.17, 15) is 8.78 Å². The van der Waals surface area contributed by atoms with E-state index in [1.807, 2.05) is 30.3 Å². The summed E-state index contributed by atoms with van der Waals surface area (Å²) in [4.78, 5) is 13.3. The van der Waals surface area contributed by atoms with Gasteiger partial charge in [-0.3, -0.25) is 4.98 Å². The number of hydrogen-bond acceptors (Lipinski definition) is 4. The van der Waals surface area contributed by atoms with Gasteiger partial charge < -0.3 is 5.32 Å². The molecule has 2 aromatic carbocycles. The maximum Gasteiger partial charge on any atom is 0.163 e. The molecule has 4 nitrogen and oxygen atoms in total. The van der Waals surface area contributed by atoms with E-state index in [2.05, 4.69) is 20.3 Å². The quantitative estimate of drug-likeness (QED) is 0.584. The molecular formula is C20H14F2N4. The molecule has 0 atom stereocenters. The third-order valence-corrected chi connectivity index (χ3v) is 4.11. The lowest BCUT2D eigenvalue weighted by Gasteiger charge is -2.12. The third-order valence-electron chi connectivity index (χ3n) is 4.11. The third kappa shape index (κ3) is 2.75. The lowest BCUT2D eigenvalue weighted by Crippen LogP contribution is -2.00. The summed E-state index contributed by atoms with van der Waals surface area (Å²) in [6.45, 7) is 0. The molecule has 1 N–H and O–H groups in total. The van der Waals surface area contributed by atoms with E-state index in [1.54, 1.807) is 25.5 Å². The van der Waals surface area contributed by atoms with Crippen LogP contribution >= 0.6 is 0 Å². The van der Waals surface area contributed by atoms with Crippen LogP contribution in [0, 0.1) is 11.6 Å². The minimum absolute atomic E-state index is 0.539. The van der Waals surface area contributed by atoms with Crippen molar-refractivity contribution >= 4 is 16.7 Å². The molecule has 2 aromatic heterocycles. The summed E-state index contributed by atoms with van der Waals surface area (Å²) in [6.07, 6.45) is 3.38. The zero-order chi connectivity index (χ0) is 18.1. The molecule has 0 aliphatic heterocycles. The smallest absolute Gasteiger partial charge is 0.163 e. The number of halogens is 2. The van der Waals surface area contributed by atoms with Crippen LogP contribution in [0.1, 0.15) is 0 Å². The van der Waals surface area contributed by atoms with E-state index in [4.69, 9.17) is 0 Å². The van der Waals surface area contributed by atoms with Crippen LogP contribution in [0.3, 0.4) is 0 Å². The summed E-state index contributed by atoms with van der Waals surface area (Å²) in [7, 11) is 1.76. The number of nitrogens with zero attached hydrogens (tertiary/aromatic N) is 3. The van der Waals surface area contributed by atoms with Crippen molar-refractivity contribution in [3.63, 3.8) is 0 Å². The second-order valence-electron chi connectivity index (χ2n) is 5.72. The second kappa shape index (κ2) is 6.48. The highest BCUT2D eigenvalue weighted by molar-refractivity contribution is 6.02. The maximum absolute atomic E-state index is 13.7. The Morgan fingerprint density at radius 1 is 0.885 bits per heavy atom. The average Bonchev–Trinajstić information content (AvgIpc) is 2.69. The van der Waals surface area contributed by atoms with Crippen molar-refractivity contribution in [3.05, 3.63) is 72.6 Å². The zero-order valence-corrected chi connectivity index (χ0v) is 13.9. The maximum atomic E-state index is 13.7. The molecule has 0 amide bonds. The van der Waals surface area contributed by atoms with Crippen molar-refractivity contribution in [1.29, 1.82) is 0 Å². The predicted octanol–water partition coefficient (Wildman–Crippen LogP) is 4.68. The van der Waals surface area contributed by atoms with Crippen LogP contribution in [0.4, 0.5) is 14.6 Å². The number of pyridine rings is 1. The van der Waals surface area contributed by atoms with Gasteiger partial charge in [0.2, 0.25) is 0 Å². The first-order valence-electron chi connectivity index (χ1n) is 8.01. The summed E-state index contributed by atoms with van der Waals surface area (Å²) in [5.74, 6) is -0.622. The Morgan fingerprint density at radius 2 is 1.77 bits per heavy atom. The minimum atomic E-state index is -0.890. The molecule has 0 unspecified atom stereocenters. The lowest BCUT2D eigenvalue weighted by molar-refractivity contribution is 0.509. The fraction of sp³-hybridized carbons (Fsp3) is 0.0500. The first-order valence-corrected chi connectivity index (χ1v) is 8.01. The fourth-order valence-electron chi connectivity index (χ4n) is 2.89. The van der Waals surface area contributed by atoms with Crippen LogP contribution in [-0.2, 0) is 0 Å². The van der Waals surface area contributed by atoms with Crippen LogP contribution in [-0.4, -0.2) is 22.0 Å². The molecule has 0 fully saturated rings. The molecule has 128 valence electrons. The number of nitrogens with one attached hydrogen (secondary N) is 1. The van der Waals surface area contributed by atoms with Crippen molar-refractivity contribution in [2.24, 2.45) is 0 Å². The van der Waals surface area contributed by atoms with Gasteiger partial charge >= 0.3 is 0 Å². The molecular weight excluding hydrogens is 334 g/mol. The first kappa shape index (κ1) is 16.1. The van der Waals surface area contributed by atoms with Crippen molar-refractivity contribution < 1.29 is 8.78 Å². The standard InChI is InChI=1S/C20H14F2N4/c1-23-20-18-14(12-7-8-15(21)16(22)10-12)5-2-6-17(18)25-19(26-20)13-4-3-9-24-11-13/h2-11H,1H3,(H,23,25,26). The summed E-state index contributed by atoms with van der Waals surface area (Å²) < 4.78 is 27.0. The number of benzene rings is 2. The number of anilines is 1. The van der Waals surface area contributed by atoms with E-state index in [0.717, 1.165) is 22.6 Å². The Balaban J connectivity index is 1.97. The predicted molar refractivity (Wildman–Crippen MR) is 97.7 cm³/mol. The molecule has 2 heterocycles. The van der Waals surface area contributed by atoms with Gasteiger partial charge in [0, 0.05) is 25.0 Å². The van der Waals surface area contributed by atoms with Crippen LogP contribution in [0.25, 0.3) is 33.4 Å². The summed E-state index contributed by atoms with van der Waals surface area (Å²) >= 11 is 0. The molecule has 6 heteroatoms. The highest BCUT2D eigenvalue weighted by Crippen LogP contribution is 2.34. The molecule has 0 aliphatic carbocycles. The Morgan fingerprint density at radius 3 is 2.50 bits per heavy atom. The van der Waals surface area contributed by atoms with Gasteiger partial charge in [-0.05, 0) is 41.5 Å². The number of fused-ring (bicyclic) bond motifs is 1. The van der Waals surface area contributed by atoms with E-state index in [1.165, 1.54) is 6.07 Å². The van der Waals surface area contributed by atoms with Crippen molar-refractivity contribution in [2.75, 3.05) is 12.4 Å². The lowest BCUT2D eigenvalue weighted by atomic mass is 10.0. The van der Waals surface area contributed by atoms with Gasteiger partial charge in [0.15, 0.2) is 17.5 Å². The number of rotatable bonds is 3. The molecule has 0 saturated heterocycles. The number of hydrogen-bond donors (Lipinski definition) is 1. The Kier molecular flexibility index (Phi) is 4.01. The van der Waals surface area contributed by atoms with Crippen molar-refractivity contribution in [2.45, 2.75) is 0 Å². The molecule has 26 heavy (non-hydrogen) atoms. The van der Waals surface area contributed by atoms with Gasteiger partial charge in [0.1, 0.15) is 5.82 Å². The minimum Gasteiger partial charge on any atom is -0.372 e. The molecule has 0 saturated carbocycles. The average molecular weight is 348 g/mol. The molecule has 4 aromatic rings. The van der Waals surface area contributed by atoms with Gasteiger partial charge in [0.25, 0.3) is 0 Å². The Labute approximate surface area is 148 Å². The highest BCUT2D eigenvalue weighted by atomic mass is 19.2. The molecule has 0 radical (unpaired) electrons. The van der Waals surface area contributed by atoms with Crippen LogP contribution in [0.15, 0.2) is 60.9 Å². The van der Waals surface area contributed by atoms with Crippen LogP contribution in [0.5, 0.6) is 0 Å². The number of aromatic nitrogens is 3. The molecule has 0 aliphatic rings. The fourth-order valence-corrected chi connectivity index (χ4v) is 2.89. The van der Waals surface area contributed by atoms with Gasteiger partial charge in [-0.1, -0.05) is 18.2 Å². The largest absolute Gasteiger partial charge is 0.372 e. The van der Waals surface area contributed by atoms with Gasteiger partial charge in [-0.25, -0.2) is 18.7 Å². The van der Waals surface area contributed by atoms with Gasteiger partial charge in [-0.15, -0.1) is 0 Å². The normalized spacial score (nSPS) is 10.9. The first-order chi connectivity index (χ1) is 12.7. The molecule has 0 spiro atoms. The topological polar surface area (TPSA) is 50.7 Å². The van der Waals surface area contributed by atoms with Gasteiger partial charge in [0.05, 0.1) is 10.9 Å². The van der Waals surface area contributed by atoms with Crippen LogP contribution < -0.4 is 5.32 Å². The molecule has 0 bridgehead atoms. The van der Waals surface area contributed by atoms with E-state index in [0.29, 0.717) is 22.7 Å². The second-order valence-corrected chi connectivity index (χ2v) is 5.72. The van der Waals surface area contributed by atoms with E-state index < -0.39 is 11.6 Å². The van der Waals surface area contributed by atoms with Gasteiger partial charge in [-0.2, -0.15) is 0 Å². The Bertz CT molecular complexity index is 1100. The van der Waals surface area contributed by atoms with Crippen molar-refractivity contribution in [1.82, 2.24) is 15.0 Å². The Hall–Kier alpha value is -3.41. The SMILES string of the molecule is CNc1nc(-c2cccnc2)nc2cccc(-c3ccc(F)c(F)c3)c12. The summed E-state index contributed by atoms with van der Waals surface area (Å²) in [5, 5.41) is 3.82. The van der Waals surface area contributed by atoms with E-state index in [-0.39, 0.29) is 0 Å². The summed E-state index contributed by atoms with van der Waals surface area (Å²) in [6, 6.07) is 13.1. The van der Waals surface area contributed by atoms with E-state index >= 15 is 0 Å². The van der Waals surface area contributed by atoms with Crippen LogP contribution in [0.2, 0.25) is 0 Å². The highest BCUT2D eigenvalue weighted by Gasteiger charge is 2.14. The summed E-state index contributed by atoms with van der Waals surface area (Å²) in [5.41, 5.74) is 2.78.